The van der Waals surface area contributed by atoms with Crippen molar-refractivity contribution >= 4 is 17.4 Å². The molecule has 4 heteroatoms. The Bertz CT molecular complexity index is 768. The number of Topliss-reactive ketones (excluding diaryl/α,β-unsaturated/α-hetero) is 1. The Morgan fingerprint density at radius 2 is 1.84 bits per heavy atom. The van der Waals surface area contributed by atoms with Gasteiger partial charge in [-0.15, -0.1) is 0 Å². The molecule has 0 bridgehead atoms. The summed E-state index contributed by atoms with van der Waals surface area (Å²) in [5, 5.41) is 5.10. The molecule has 0 aliphatic heterocycles. The summed E-state index contributed by atoms with van der Waals surface area (Å²) in [5.74, 6) is 0.00849. The second-order valence-electron chi connectivity index (χ2n) is 6.80. The fourth-order valence-corrected chi connectivity index (χ4v) is 3.47. The first-order valence-corrected chi connectivity index (χ1v) is 8.89. The molecule has 2 aromatic carbocycles. The molecule has 1 aliphatic rings. The van der Waals surface area contributed by atoms with E-state index in [9.17, 15) is 9.59 Å². The summed E-state index contributed by atoms with van der Waals surface area (Å²) in [6.45, 7) is 3.48. The van der Waals surface area contributed by atoms with Crippen LogP contribution in [0.3, 0.4) is 0 Å². The molecule has 3 N–H and O–H groups in total. The van der Waals surface area contributed by atoms with Crippen LogP contribution in [-0.4, -0.2) is 17.7 Å². The summed E-state index contributed by atoms with van der Waals surface area (Å²) < 4.78 is 0. The lowest BCUT2D eigenvalue weighted by molar-refractivity contribution is -0.714. The standard InChI is InChI=1S/C21H24N2O2/c1-14(21(25)23-18-12-10-16(11-13-18)15(2)24)22-20-9-5-7-17-6-3-4-8-19(17)20/h3-4,6,8,10-14,20,22H,5,7,9H2,1-2H3,(H,23,25)/p+1/t14-,20-/m1/s1. The van der Waals surface area contributed by atoms with Crippen molar-refractivity contribution in [3.8, 4) is 0 Å². The number of benzene rings is 2. The predicted molar refractivity (Wildman–Crippen MR) is 98.6 cm³/mol. The number of fused-ring (bicyclic) bond motifs is 1. The Labute approximate surface area is 148 Å². The van der Waals surface area contributed by atoms with Crippen LogP contribution in [0.15, 0.2) is 48.5 Å². The molecule has 4 nitrogen and oxygen atoms in total. The smallest absolute Gasteiger partial charge is 0.282 e. The van der Waals surface area contributed by atoms with E-state index in [1.54, 1.807) is 24.3 Å². The number of carbonyl (C=O) groups is 2. The molecule has 0 saturated carbocycles. The SMILES string of the molecule is CC(=O)c1ccc(NC(=O)[C@@H](C)[NH2+][C@@H]2CCCc3ccccc32)cc1. The van der Waals surface area contributed by atoms with Crippen LogP contribution in [0.2, 0.25) is 0 Å². The molecule has 0 aromatic heterocycles. The molecule has 2 aromatic rings. The number of quaternary nitrogens is 1. The van der Waals surface area contributed by atoms with E-state index in [1.165, 1.54) is 24.5 Å². The highest BCUT2D eigenvalue weighted by Gasteiger charge is 2.27. The van der Waals surface area contributed by atoms with E-state index in [0.29, 0.717) is 11.6 Å². The van der Waals surface area contributed by atoms with Gasteiger partial charge in [0.25, 0.3) is 5.91 Å². The molecule has 0 heterocycles. The van der Waals surface area contributed by atoms with E-state index in [4.69, 9.17) is 0 Å². The third-order valence-corrected chi connectivity index (χ3v) is 4.91. The monoisotopic (exact) mass is 337 g/mol. The van der Waals surface area contributed by atoms with E-state index in [2.05, 4.69) is 34.9 Å². The fraction of sp³-hybridized carbons (Fsp3) is 0.333. The van der Waals surface area contributed by atoms with Gasteiger partial charge in [-0.05, 0) is 56.5 Å². The summed E-state index contributed by atoms with van der Waals surface area (Å²) >= 11 is 0. The molecule has 0 fully saturated rings. The van der Waals surface area contributed by atoms with Gasteiger partial charge in [0.2, 0.25) is 0 Å². The lowest BCUT2D eigenvalue weighted by Crippen LogP contribution is -2.92. The molecular formula is C21H25N2O2+. The van der Waals surface area contributed by atoms with Crippen molar-refractivity contribution in [1.29, 1.82) is 0 Å². The highest BCUT2D eigenvalue weighted by atomic mass is 16.2. The zero-order chi connectivity index (χ0) is 17.8. The van der Waals surface area contributed by atoms with Gasteiger partial charge in [0.15, 0.2) is 11.8 Å². The Balaban J connectivity index is 1.62. The molecule has 2 atom stereocenters. The van der Waals surface area contributed by atoms with Crippen LogP contribution in [0.4, 0.5) is 5.69 Å². The van der Waals surface area contributed by atoms with E-state index in [1.807, 2.05) is 6.92 Å². The number of hydrogen-bond acceptors (Lipinski definition) is 2. The zero-order valence-electron chi connectivity index (χ0n) is 14.8. The van der Waals surface area contributed by atoms with Crippen molar-refractivity contribution in [2.24, 2.45) is 0 Å². The van der Waals surface area contributed by atoms with Gasteiger partial charge < -0.3 is 10.6 Å². The quantitative estimate of drug-likeness (QED) is 0.824. The Morgan fingerprint density at radius 1 is 1.12 bits per heavy atom. The normalized spacial score (nSPS) is 17.4. The number of nitrogens with two attached hydrogens (primary N) is 1. The molecule has 0 unspecified atom stereocenters. The minimum atomic E-state index is -0.177. The van der Waals surface area contributed by atoms with E-state index < -0.39 is 0 Å². The van der Waals surface area contributed by atoms with Crippen molar-refractivity contribution < 1.29 is 14.9 Å². The Hall–Kier alpha value is -2.46. The van der Waals surface area contributed by atoms with Gasteiger partial charge in [-0.25, -0.2) is 0 Å². The lowest BCUT2D eigenvalue weighted by atomic mass is 9.87. The molecule has 25 heavy (non-hydrogen) atoms. The van der Waals surface area contributed by atoms with Gasteiger partial charge in [-0.1, -0.05) is 24.3 Å². The van der Waals surface area contributed by atoms with E-state index >= 15 is 0 Å². The highest BCUT2D eigenvalue weighted by Crippen LogP contribution is 2.26. The summed E-state index contributed by atoms with van der Waals surface area (Å²) in [5.41, 5.74) is 4.14. The molecule has 1 aliphatic carbocycles. The molecular weight excluding hydrogens is 312 g/mol. The lowest BCUT2D eigenvalue weighted by Gasteiger charge is -2.26. The number of carbonyl (C=O) groups excluding carboxylic acids is 2. The van der Waals surface area contributed by atoms with Crippen LogP contribution < -0.4 is 10.6 Å². The molecule has 0 saturated heterocycles. The number of rotatable bonds is 5. The van der Waals surface area contributed by atoms with Crippen LogP contribution in [0.25, 0.3) is 0 Å². The van der Waals surface area contributed by atoms with Crippen molar-refractivity contribution in [1.82, 2.24) is 0 Å². The number of anilines is 1. The zero-order valence-corrected chi connectivity index (χ0v) is 14.8. The van der Waals surface area contributed by atoms with Gasteiger partial charge in [-0.3, -0.25) is 9.59 Å². The third-order valence-electron chi connectivity index (χ3n) is 4.91. The summed E-state index contributed by atoms with van der Waals surface area (Å²) in [6, 6.07) is 15.7. The van der Waals surface area contributed by atoms with Crippen molar-refractivity contribution in [2.75, 3.05) is 5.32 Å². The van der Waals surface area contributed by atoms with Crippen LogP contribution in [0.5, 0.6) is 0 Å². The first-order chi connectivity index (χ1) is 12.0. The van der Waals surface area contributed by atoms with E-state index in [0.717, 1.165) is 18.5 Å². The van der Waals surface area contributed by atoms with Gasteiger partial charge in [0.05, 0.1) is 0 Å². The highest BCUT2D eigenvalue weighted by molar-refractivity contribution is 5.96. The number of aryl methyl sites for hydroxylation is 1. The van der Waals surface area contributed by atoms with Crippen LogP contribution in [0.1, 0.15) is 54.2 Å². The van der Waals surface area contributed by atoms with Crippen LogP contribution in [0, 0.1) is 0 Å². The Morgan fingerprint density at radius 3 is 2.56 bits per heavy atom. The molecule has 0 spiro atoms. The largest absolute Gasteiger partial charge is 0.330 e. The predicted octanol–water partition coefficient (Wildman–Crippen LogP) is 2.86. The molecule has 1 amide bonds. The number of hydrogen-bond donors (Lipinski definition) is 2. The van der Waals surface area contributed by atoms with Gasteiger partial charge >= 0.3 is 0 Å². The summed E-state index contributed by atoms with van der Waals surface area (Å²) in [4.78, 5) is 23.8. The third kappa shape index (κ3) is 4.15. The van der Waals surface area contributed by atoms with Gasteiger partial charge in [0, 0.05) is 23.2 Å². The topological polar surface area (TPSA) is 62.8 Å². The first-order valence-electron chi connectivity index (χ1n) is 8.89. The molecule has 3 rings (SSSR count). The van der Waals surface area contributed by atoms with Gasteiger partial charge in [-0.2, -0.15) is 0 Å². The van der Waals surface area contributed by atoms with Crippen molar-refractivity contribution in [3.05, 3.63) is 65.2 Å². The second kappa shape index (κ2) is 7.62. The van der Waals surface area contributed by atoms with Crippen LogP contribution >= 0.6 is 0 Å². The number of amides is 1. The number of ketones is 1. The average Bonchev–Trinajstić information content (AvgIpc) is 2.62. The molecule has 130 valence electrons. The van der Waals surface area contributed by atoms with Crippen LogP contribution in [-0.2, 0) is 11.2 Å². The van der Waals surface area contributed by atoms with Crippen molar-refractivity contribution in [2.45, 2.75) is 45.2 Å². The first kappa shape index (κ1) is 17.4. The van der Waals surface area contributed by atoms with E-state index in [-0.39, 0.29) is 17.7 Å². The summed E-state index contributed by atoms with van der Waals surface area (Å²) in [6.07, 6.45) is 3.39. The molecule has 0 radical (unpaired) electrons. The maximum absolute atomic E-state index is 12.5. The minimum Gasteiger partial charge on any atom is -0.330 e. The summed E-state index contributed by atoms with van der Waals surface area (Å²) in [7, 11) is 0. The average molecular weight is 337 g/mol. The maximum Gasteiger partial charge on any atom is 0.282 e. The maximum atomic E-state index is 12.5. The second-order valence-corrected chi connectivity index (χ2v) is 6.80. The fourth-order valence-electron chi connectivity index (χ4n) is 3.47. The Kier molecular flexibility index (Phi) is 5.29. The minimum absolute atomic E-state index is 0.0152. The van der Waals surface area contributed by atoms with Gasteiger partial charge in [0.1, 0.15) is 6.04 Å². The van der Waals surface area contributed by atoms with Crippen molar-refractivity contribution in [3.63, 3.8) is 0 Å². The number of nitrogens with one attached hydrogen (secondary N) is 1.